The number of aromatic carboxylic acids is 1. The summed E-state index contributed by atoms with van der Waals surface area (Å²) in [6.07, 6.45) is 4.51. The molecule has 1 aromatic carbocycles. The van der Waals surface area contributed by atoms with Crippen molar-refractivity contribution in [1.82, 2.24) is 0 Å². The van der Waals surface area contributed by atoms with E-state index in [1.54, 1.807) is 0 Å². The van der Waals surface area contributed by atoms with E-state index >= 15 is 0 Å². The van der Waals surface area contributed by atoms with Crippen molar-refractivity contribution in [3.05, 3.63) is 42.0 Å². The lowest BCUT2D eigenvalue weighted by Crippen LogP contribution is -2.31. The quantitative estimate of drug-likeness (QED) is 0.667. The Kier molecular flexibility index (Phi) is 3.12. The molecule has 0 bridgehead atoms. The number of carbonyl (C=O) groups is 3. The van der Waals surface area contributed by atoms with Crippen molar-refractivity contribution in [2.45, 2.75) is 13.3 Å². The topological polar surface area (TPSA) is 74.7 Å². The second kappa shape index (κ2) is 4.84. The molecule has 1 fully saturated rings. The van der Waals surface area contributed by atoms with Crippen molar-refractivity contribution in [1.29, 1.82) is 0 Å². The minimum Gasteiger partial charge on any atom is -0.478 e. The zero-order chi connectivity index (χ0) is 15.1. The largest absolute Gasteiger partial charge is 0.478 e. The average molecular weight is 285 g/mol. The Bertz CT molecular complexity index is 647. The lowest BCUT2D eigenvalue weighted by atomic mass is 9.78. The minimum absolute atomic E-state index is 0.0449. The van der Waals surface area contributed by atoms with Crippen LogP contribution in [-0.2, 0) is 9.59 Å². The van der Waals surface area contributed by atoms with Crippen molar-refractivity contribution < 1.29 is 19.5 Å². The van der Waals surface area contributed by atoms with E-state index in [-0.39, 0.29) is 35.1 Å². The fourth-order valence-corrected chi connectivity index (χ4v) is 3.16. The molecule has 2 amide bonds. The number of hydrogen-bond acceptors (Lipinski definition) is 3. The van der Waals surface area contributed by atoms with Gasteiger partial charge in [-0.25, -0.2) is 4.79 Å². The Morgan fingerprint density at radius 3 is 2.43 bits per heavy atom. The van der Waals surface area contributed by atoms with E-state index in [2.05, 4.69) is 0 Å². The number of allylic oxidation sites excluding steroid dienone is 2. The third-order valence-electron chi connectivity index (χ3n) is 4.25. The SMILES string of the molecule is CC1C=CCC2C(=O)N(c3ccc(C(=O)O)cc3)C(=O)C12. The molecule has 2 aliphatic rings. The third kappa shape index (κ3) is 2.05. The van der Waals surface area contributed by atoms with Crippen LogP contribution < -0.4 is 4.90 Å². The zero-order valence-electron chi connectivity index (χ0n) is 11.5. The Hall–Kier alpha value is -2.43. The molecule has 0 radical (unpaired) electrons. The number of rotatable bonds is 2. The van der Waals surface area contributed by atoms with Crippen molar-refractivity contribution in [3.63, 3.8) is 0 Å². The molecule has 108 valence electrons. The highest BCUT2D eigenvalue weighted by molar-refractivity contribution is 6.22. The molecule has 0 saturated carbocycles. The van der Waals surface area contributed by atoms with Gasteiger partial charge < -0.3 is 5.11 Å². The lowest BCUT2D eigenvalue weighted by Gasteiger charge is -2.22. The molecule has 3 rings (SSSR count). The molecule has 1 N–H and O–H groups in total. The Morgan fingerprint density at radius 2 is 1.86 bits per heavy atom. The van der Waals surface area contributed by atoms with E-state index in [1.165, 1.54) is 29.2 Å². The summed E-state index contributed by atoms with van der Waals surface area (Å²) in [4.78, 5) is 37.1. The average Bonchev–Trinajstić information content (AvgIpc) is 2.72. The van der Waals surface area contributed by atoms with Crippen LogP contribution in [0.4, 0.5) is 5.69 Å². The van der Waals surface area contributed by atoms with E-state index in [0.717, 1.165) is 0 Å². The number of fused-ring (bicyclic) bond motifs is 1. The highest BCUT2D eigenvalue weighted by atomic mass is 16.4. The summed E-state index contributed by atoms with van der Waals surface area (Å²) in [5.74, 6) is -1.97. The molecule has 21 heavy (non-hydrogen) atoms. The molecular weight excluding hydrogens is 270 g/mol. The summed E-state index contributed by atoms with van der Waals surface area (Å²) in [5.41, 5.74) is 0.571. The van der Waals surface area contributed by atoms with Gasteiger partial charge in [0.05, 0.1) is 23.1 Å². The lowest BCUT2D eigenvalue weighted by molar-refractivity contribution is -0.122. The maximum absolute atomic E-state index is 12.5. The number of carboxylic acids is 1. The maximum atomic E-state index is 12.5. The van der Waals surface area contributed by atoms with Gasteiger partial charge in [0.1, 0.15) is 0 Å². The number of nitrogens with zero attached hydrogens (tertiary/aromatic N) is 1. The Morgan fingerprint density at radius 1 is 1.19 bits per heavy atom. The van der Waals surface area contributed by atoms with Crippen molar-refractivity contribution in [3.8, 4) is 0 Å². The smallest absolute Gasteiger partial charge is 0.335 e. The molecule has 3 atom stereocenters. The first-order chi connectivity index (χ1) is 10.0. The first kappa shape index (κ1) is 13.5. The van der Waals surface area contributed by atoms with Crippen LogP contribution >= 0.6 is 0 Å². The molecule has 5 heteroatoms. The van der Waals surface area contributed by atoms with Gasteiger partial charge in [0.2, 0.25) is 11.8 Å². The van der Waals surface area contributed by atoms with Gasteiger partial charge >= 0.3 is 5.97 Å². The zero-order valence-corrected chi connectivity index (χ0v) is 11.5. The highest BCUT2D eigenvalue weighted by Crippen LogP contribution is 2.40. The molecule has 1 aromatic rings. The first-order valence-electron chi connectivity index (χ1n) is 6.88. The molecular formula is C16H15NO4. The summed E-state index contributed by atoms with van der Waals surface area (Å²) < 4.78 is 0. The van der Waals surface area contributed by atoms with E-state index in [4.69, 9.17) is 5.11 Å². The van der Waals surface area contributed by atoms with Crippen LogP contribution in [-0.4, -0.2) is 22.9 Å². The van der Waals surface area contributed by atoms with Gasteiger partial charge in [0.15, 0.2) is 0 Å². The summed E-state index contributed by atoms with van der Waals surface area (Å²) in [6, 6.07) is 5.83. The van der Waals surface area contributed by atoms with Crippen LogP contribution in [0.3, 0.4) is 0 Å². The molecule has 1 aliphatic carbocycles. The predicted molar refractivity (Wildman–Crippen MR) is 75.8 cm³/mol. The number of benzene rings is 1. The number of anilines is 1. The van der Waals surface area contributed by atoms with Gasteiger partial charge in [-0.15, -0.1) is 0 Å². The Balaban J connectivity index is 1.94. The van der Waals surface area contributed by atoms with Crippen molar-refractivity contribution in [2.75, 3.05) is 4.90 Å². The maximum Gasteiger partial charge on any atom is 0.335 e. The van der Waals surface area contributed by atoms with Crippen molar-refractivity contribution >= 4 is 23.5 Å². The number of carboxylic acid groups (broad SMARTS) is 1. The molecule has 0 spiro atoms. The van der Waals surface area contributed by atoms with Gasteiger partial charge in [0.25, 0.3) is 0 Å². The van der Waals surface area contributed by atoms with E-state index < -0.39 is 5.97 Å². The van der Waals surface area contributed by atoms with Gasteiger partial charge in [-0.05, 0) is 36.6 Å². The first-order valence-corrected chi connectivity index (χ1v) is 6.88. The second-order valence-corrected chi connectivity index (χ2v) is 5.52. The van der Waals surface area contributed by atoms with Crippen LogP contribution in [0.5, 0.6) is 0 Å². The van der Waals surface area contributed by atoms with E-state index in [0.29, 0.717) is 12.1 Å². The normalized spacial score (nSPS) is 27.9. The standard InChI is InChI=1S/C16H15NO4/c1-9-3-2-4-12-13(9)15(19)17(14(12)18)11-7-5-10(6-8-11)16(20)21/h2-3,5-9,12-13H,4H2,1H3,(H,20,21). The summed E-state index contributed by atoms with van der Waals surface area (Å²) in [6.45, 7) is 1.94. The van der Waals surface area contributed by atoms with Crippen LogP contribution in [0.2, 0.25) is 0 Å². The monoisotopic (exact) mass is 285 g/mol. The van der Waals surface area contributed by atoms with Crippen molar-refractivity contribution in [2.24, 2.45) is 17.8 Å². The second-order valence-electron chi connectivity index (χ2n) is 5.52. The third-order valence-corrected chi connectivity index (χ3v) is 4.25. The van der Waals surface area contributed by atoms with Crippen LogP contribution in [0.25, 0.3) is 0 Å². The summed E-state index contributed by atoms with van der Waals surface area (Å²) in [5, 5.41) is 8.89. The molecule has 3 unspecified atom stereocenters. The van der Waals surface area contributed by atoms with E-state index in [1.807, 2.05) is 19.1 Å². The molecule has 1 heterocycles. The predicted octanol–water partition coefficient (Wildman–Crippen LogP) is 2.09. The minimum atomic E-state index is -1.04. The molecule has 5 nitrogen and oxygen atoms in total. The fraction of sp³-hybridized carbons (Fsp3) is 0.312. The van der Waals surface area contributed by atoms with Crippen LogP contribution in [0.1, 0.15) is 23.7 Å². The number of amides is 2. The molecule has 1 aliphatic heterocycles. The van der Waals surface area contributed by atoms with Gasteiger partial charge in [-0.3, -0.25) is 14.5 Å². The van der Waals surface area contributed by atoms with Crippen LogP contribution in [0.15, 0.2) is 36.4 Å². The summed E-state index contributed by atoms with van der Waals surface area (Å²) in [7, 11) is 0. The number of hydrogen-bond donors (Lipinski definition) is 1. The van der Waals surface area contributed by atoms with Gasteiger partial charge in [-0.1, -0.05) is 19.1 Å². The summed E-state index contributed by atoms with van der Waals surface area (Å²) >= 11 is 0. The number of imide groups is 1. The Labute approximate surface area is 121 Å². The van der Waals surface area contributed by atoms with Crippen LogP contribution in [0, 0.1) is 17.8 Å². The highest BCUT2D eigenvalue weighted by Gasteiger charge is 2.50. The van der Waals surface area contributed by atoms with E-state index in [9.17, 15) is 14.4 Å². The number of carbonyl (C=O) groups excluding carboxylic acids is 2. The fourth-order valence-electron chi connectivity index (χ4n) is 3.16. The van der Waals surface area contributed by atoms with Gasteiger partial charge in [0, 0.05) is 0 Å². The molecule has 1 saturated heterocycles. The van der Waals surface area contributed by atoms with Gasteiger partial charge in [-0.2, -0.15) is 0 Å². The molecule has 0 aromatic heterocycles.